The maximum Gasteiger partial charge on any atom is 0.123 e. The molecular weight excluding hydrogens is 266 g/mol. The van der Waals surface area contributed by atoms with Gasteiger partial charge in [-0.3, -0.25) is 0 Å². The highest BCUT2D eigenvalue weighted by atomic mass is 16.5. The number of hydrogen-bond acceptors (Lipinski definition) is 4. The van der Waals surface area contributed by atoms with Crippen LogP contribution in [0.5, 0.6) is 11.5 Å². The number of hydrogen-bond donors (Lipinski definition) is 1. The summed E-state index contributed by atoms with van der Waals surface area (Å²) in [6, 6.07) is 10.0. The number of aryl methyl sites for hydroxylation is 1. The Morgan fingerprint density at radius 2 is 1.76 bits per heavy atom. The third kappa shape index (κ3) is 3.58. The molecule has 0 spiro atoms. The van der Waals surface area contributed by atoms with Crippen LogP contribution in [-0.4, -0.2) is 14.2 Å². The molecule has 2 aromatic rings. The maximum absolute atomic E-state index is 5.67. The van der Waals surface area contributed by atoms with Gasteiger partial charge in [-0.15, -0.1) is 0 Å². The third-order valence-electron chi connectivity index (χ3n) is 3.59. The molecular formula is C17H23NO3. The summed E-state index contributed by atoms with van der Waals surface area (Å²) in [7, 11) is 3.34. The molecule has 0 aliphatic carbocycles. The molecule has 2 atom stereocenters. The van der Waals surface area contributed by atoms with Gasteiger partial charge in [0.05, 0.1) is 20.3 Å². The first-order valence-corrected chi connectivity index (χ1v) is 7.09. The quantitative estimate of drug-likeness (QED) is 0.872. The predicted octanol–water partition coefficient (Wildman–Crippen LogP) is 4.02. The summed E-state index contributed by atoms with van der Waals surface area (Å²) in [5.41, 5.74) is 1.06. The first-order valence-electron chi connectivity index (χ1n) is 7.09. The number of benzene rings is 1. The van der Waals surface area contributed by atoms with Crippen molar-refractivity contribution in [2.45, 2.75) is 32.9 Å². The molecule has 21 heavy (non-hydrogen) atoms. The Hall–Kier alpha value is -1.94. The molecule has 4 nitrogen and oxygen atoms in total. The third-order valence-corrected chi connectivity index (χ3v) is 3.59. The zero-order valence-electron chi connectivity index (χ0n) is 13.3. The van der Waals surface area contributed by atoms with Crippen LogP contribution < -0.4 is 14.8 Å². The van der Waals surface area contributed by atoms with Crippen molar-refractivity contribution >= 4 is 0 Å². The van der Waals surface area contributed by atoms with Gasteiger partial charge >= 0.3 is 0 Å². The van der Waals surface area contributed by atoms with E-state index in [9.17, 15) is 0 Å². The number of ether oxygens (including phenoxy) is 2. The summed E-state index contributed by atoms with van der Waals surface area (Å²) in [5, 5.41) is 3.52. The van der Waals surface area contributed by atoms with Crippen LogP contribution >= 0.6 is 0 Å². The fourth-order valence-electron chi connectivity index (χ4n) is 2.41. The van der Waals surface area contributed by atoms with Gasteiger partial charge in [-0.1, -0.05) is 0 Å². The molecule has 1 aromatic heterocycles. The Labute approximate surface area is 126 Å². The van der Waals surface area contributed by atoms with Crippen molar-refractivity contribution < 1.29 is 13.9 Å². The van der Waals surface area contributed by atoms with Crippen molar-refractivity contribution in [1.82, 2.24) is 5.32 Å². The largest absolute Gasteiger partial charge is 0.497 e. The highest BCUT2D eigenvalue weighted by molar-refractivity contribution is 5.42. The Morgan fingerprint density at radius 3 is 2.33 bits per heavy atom. The summed E-state index contributed by atoms with van der Waals surface area (Å²) in [4.78, 5) is 0. The van der Waals surface area contributed by atoms with Crippen LogP contribution in [0.25, 0.3) is 0 Å². The van der Waals surface area contributed by atoms with E-state index in [-0.39, 0.29) is 12.1 Å². The molecule has 2 unspecified atom stereocenters. The fraction of sp³-hybridized carbons (Fsp3) is 0.412. The van der Waals surface area contributed by atoms with E-state index in [4.69, 9.17) is 13.9 Å². The van der Waals surface area contributed by atoms with Crippen LogP contribution in [0.1, 0.15) is 43.0 Å². The molecule has 1 aromatic carbocycles. The molecule has 1 heterocycles. The molecule has 0 radical (unpaired) electrons. The number of rotatable bonds is 6. The smallest absolute Gasteiger partial charge is 0.123 e. The maximum atomic E-state index is 5.67. The lowest BCUT2D eigenvalue weighted by Crippen LogP contribution is -2.22. The van der Waals surface area contributed by atoms with E-state index in [1.54, 1.807) is 14.2 Å². The van der Waals surface area contributed by atoms with Gasteiger partial charge in [-0.25, -0.2) is 0 Å². The van der Waals surface area contributed by atoms with Crippen molar-refractivity contribution in [1.29, 1.82) is 0 Å². The first kappa shape index (κ1) is 15.4. The van der Waals surface area contributed by atoms with Gasteiger partial charge in [0.2, 0.25) is 0 Å². The molecule has 4 heteroatoms. The zero-order chi connectivity index (χ0) is 15.4. The van der Waals surface area contributed by atoms with E-state index in [2.05, 4.69) is 19.2 Å². The van der Waals surface area contributed by atoms with Crippen LogP contribution in [0, 0.1) is 6.92 Å². The average molecular weight is 289 g/mol. The van der Waals surface area contributed by atoms with Crippen LogP contribution in [0.15, 0.2) is 34.7 Å². The summed E-state index contributed by atoms with van der Waals surface area (Å²) >= 11 is 0. The molecule has 0 fully saturated rings. The van der Waals surface area contributed by atoms with Gasteiger partial charge < -0.3 is 19.2 Å². The van der Waals surface area contributed by atoms with Crippen LogP contribution in [-0.2, 0) is 0 Å². The van der Waals surface area contributed by atoms with E-state index in [1.807, 2.05) is 37.3 Å². The highest BCUT2D eigenvalue weighted by Crippen LogP contribution is 2.30. The first-order chi connectivity index (χ1) is 10.0. The average Bonchev–Trinajstić information content (AvgIpc) is 2.93. The van der Waals surface area contributed by atoms with Gasteiger partial charge in [0, 0.05) is 11.6 Å². The Bertz CT molecular complexity index is 591. The van der Waals surface area contributed by atoms with Gasteiger partial charge in [-0.2, -0.15) is 0 Å². The normalized spacial score (nSPS) is 13.8. The number of nitrogens with one attached hydrogen (secondary N) is 1. The number of methoxy groups -OCH3 is 2. The molecule has 2 rings (SSSR count). The Morgan fingerprint density at radius 1 is 1.00 bits per heavy atom. The van der Waals surface area contributed by atoms with E-state index in [1.165, 1.54) is 0 Å². The van der Waals surface area contributed by atoms with Crippen molar-refractivity contribution in [3.63, 3.8) is 0 Å². The van der Waals surface area contributed by atoms with Crippen LogP contribution in [0.4, 0.5) is 0 Å². The van der Waals surface area contributed by atoms with Gasteiger partial charge in [0.1, 0.15) is 23.0 Å². The van der Waals surface area contributed by atoms with Crippen LogP contribution in [0.2, 0.25) is 0 Å². The number of furan rings is 1. The van der Waals surface area contributed by atoms with E-state index in [0.717, 1.165) is 28.6 Å². The highest BCUT2D eigenvalue weighted by Gasteiger charge is 2.17. The van der Waals surface area contributed by atoms with Crippen molar-refractivity contribution in [3.05, 3.63) is 47.4 Å². The summed E-state index contributed by atoms with van der Waals surface area (Å²) in [6.07, 6.45) is 0. The Kier molecular flexibility index (Phi) is 4.91. The van der Waals surface area contributed by atoms with E-state index >= 15 is 0 Å². The topological polar surface area (TPSA) is 43.6 Å². The minimum atomic E-state index is 0.107. The Balaban J connectivity index is 2.17. The van der Waals surface area contributed by atoms with E-state index in [0.29, 0.717) is 0 Å². The fourth-order valence-corrected chi connectivity index (χ4v) is 2.41. The molecule has 0 aliphatic rings. The monoisotopic (exact) mass is 289 g/mol. The SMILES string of the molecule is COc1ccc(OC)c(C(C)NC(C)c2ccc(C)o2)c1. The van der Waals surface area contributed by atoms with Crippen molar-refractivity contribution in [2.75, 3.05) is 14.2 Å². The minimum absolute atomic E-state index is 0.107. The standard InChI is InChI=1S/C17H23NO3/c1-11-6-8-16(21-11)13(3)18-12(2)15-10-14(19-4)7-9-17(15)20-5/h6-10,12-13,18H,1-5H3. The second-order valence-corrected chi connectivity index (χ2v) is 5.17. The molecule has 114 valence electrons. The summed E-state index contributed by atoms with van der Waals surface area (Å²) in [6.45, 7) is 6.13. The van der Waals surface area contributed by atoms with Crippen LogP contribution in [0.3, 0.4) is 0 Å². The molecule has 0 aliphatic heterocycles. The lowest BCUT2D eigenvalue weighted by molar-refractivity contribution is 0.371. The molecule has 0 saturated carbocycles. The minimum Gasteiger partial charge on any atom is -0.497 e. The summed E-state index contributed by atoms with van der Waals surface area (Å²) < 4.78 is 16.4. The van der Waals surface area contributed by atoms with Gasteiger partial charge in [-0.05, 0) is 51.1 Å². The molecule has 0 bridgehead atoms. The molecule has 0 amide bonds. The van der Waals surface area contributed by atoms with Crippen molar-refractivity contribution in [3.8, 4) is 11.5 Å². The molecule has 1 N–H and O–H groups in total. The van der Waals surface area contributed by atoms with Gasteiger partial charge in [0.25, 0.3) is 0 Å². The predicted molar refractivity (Wildman–Crippen MR) is 83.0 cm³/mol. The second-order valence-electron chi connectivity index (χ2n) is 5.17. The lowest BCUT2D eigenvalue weighted by atomic mass is 10.1. The summed E-state index contributed by atoms with van der Waals surface area (Å²) in [5.74, 6) is 3.52. The second kappa shape index (κ2) is 6.68. The lowest BCUT2D eigenvalue weighted by Gasteiger charge is -2.21. The zero-order valence-corrected chi connectivity index (χ0v) is 13.3. The van der Waals surface area contributed by atoms with Crippen molar-refractivity contribution in [2.24, 2.45) is 0 Å². The van der Waals surface area contributed by atoms with Gasteiger partial charge in [0.15, 0.2) is 0 Å². The molecule has 0 saturated heterocycles. The van der Waals surface area contributed by atoms with E-state index < -0.39 is 0 Å².